The maximum absolute atomic E-state index is 11.9. The van der Waals surface area contributed by atoms with Crippen molar-refractivity contribution in [1.29, 1.82) is 0 Å². The molecule has 0 fully saturated rings. The predicted octanol–water partition coefficient (Wildman–Crippen LogP) is 0.816. The lowest BCUT2D eigenvalue weighted by atomic mass is 10.00. The Kier molecular flexibility index (Phi) is 4.30. The van der Waals surface area contributed by atoms with Crippen LogP contribution in [0.2, 0.25) is 0 Å². The number of carbonyl (C=O) groups is 2. The molecule has 0 radical (unpaired) electrons. The second kappa shape index (κ2) is 6.15. The van der Waals surface area contributed by atoms with Gasteiger partial charge in [-0.3, -0.25) is 9.59 Å². The number of rotatable bonds is 4. The first-order valence-electron chi connectivity index (χ1n) is 6.27. The van der Waals surface area contributed by atoms with Gasteiger partial charge < -0.3 is 16.4 Å². The minimum atomic E-state index is -0.124. The lowest BCUT2D eigenvalue weighted by molar-refractivity contribution is -0.116. The molecule has 0 saturated carbocycles. The number of benzene rings is 1. The van der Waals surface area contributed by atoms with Crippen molar-refractivity contribution in [3.63, 3.8) is 0 Å². The monoisotopic (exact) mass is 259 g/mol. The van der Waals surface area contributed by atoms with Crippen molar-refractivity contribution in [3.05, 3.63) is 41.5 Å². The molecule has 2 amide bonds. The van der Waals surface area contributed by atoms with E-state index in [1.165, 1.54) is 0 Å². The first-order valence-corrected chi connectivity index (χ1v) is 6.27. The van der Waals surface area contributed by atoms with Crippen LogP contribution in [0.3, 0.4) is 0 Å². The molecular weight excluding hydrogens is 242 g/mol. The van der Waals surface area contributed by atoms with E-state index < -0.39 is 0 Å². The molecule has 0 unspecified atom stereocenters. The molecule has 4 N–H and O–H groups in total. The molecule has 1 aromatic carbocycles. The topological polar surface area (TPSA) is 84.2 Å². The second-order valence-corrected chi connectivity index (χ2v) is 4.34. The molecule has 0 saturated heterocycles. The molecule has 2 rings (SSSR count). The fourth-order valence-electron chi connectivity index (χ4n) is 1.96. The van der Waals surface area contributed by atoms with E-state index in [0.717, 1.165) is 11.3 Å². The van der Waals surface area contributed by atoms with E-state index in [4.69, 9.17) is 5.73 Å². The average Bonchev–Trinajstić information content (AvgIpc) is 2.42. The zero-order chi connectivity index (χ0) is 13.7. The molecule has 100 valence electrons. The zero-order valence-corrected chi connectivity index (χ0v) is 10.6. The van der Waals surface area contributed by atoms with Crippen LogP contribution in [0.1, 0.15) is 22.3 Å². The van der Waals surface area contributed by atoms with Crippen LogP contribution in [-0.2, 0) is 11.2 Å². The van der Waals surface area contributed by atoms with E-state index >= 15 is 0 Å². The van der Waals surface area contributed by atoms with Gasteiger partial charge in [0.2, 0.25) is 5.91 Å². The molecule has 19 heavy (non-hydrogen) atoms. The smallest absolute Gasteiger partial charge is 0.251 e. The normalized spacial score (nSPS) is 14.1. The third kappa shape index (κ3) is 3.42. The molecule has 1 heterocycles. The van der Waals surface area contributed by atoms with Crippen molar-refractivity contribution in [1.82, 2.24) is 5.32 Å². The Balaban J connectivity index is 2.03. The maximum atomic E-state index is 11.9. The number of hydrogen-bond donors (Lipinski definition) is 3. The Morgan fingerprint density at radius 1 is 1.37 bits per heavy atom. The first kappa shape index (κ1) is 13.3. The van der Waals surface area contributed by atoms with Crippen LogP contribution < -0.4 is 16.4 Å². The lowest BCUT2D eigenvalue weighted by Crippen LogP contribution is -2.24. The Morgan fingerprint density at radius 3 is 3.00 bits per heavy atom. The van der Waals surface area contributed by atoms with Crippen LogP contribution in [0.25, 0.3) is 0 Å². The van der Waals surface area contributed by atoms with Crippen LogP contribution in [0.15, 0.2) is 30.4 Å². The highest BCUT2D eigenvalue weighted by Gasteiger charge is 2.16. The molecule has 0 atom stereocenters. The van der Waals surface area contributed by atoms with Gasteiger partial charge in [0.15, 0.2) is 0 Å². The number of aryl methyl sites for hydroxylation is 1. The number of carbonyl (C=O) groups excluding carboxylic acids is 2. The molecule has 0 aliphatic carbocycles. The maximum Gasteiger partial charge on any atom is 0.251 e. The number of anilines is 1. The van der Waals surface area contributed by atoms with E-state index in [9.17, 15) is 9.59 Å². The van der Waals surface area contributed by atoms with Gasteiger partial charge in [-0.1, -0.05) is 12.2 Å². The number of hydrogen-bond acceptors (Lipinski definition) is 3. The molecular formula is C14H17N3O2. The van der Waals surface area contributed by atoms with E-state index in [1.54, 1.807) is 18.2 Å². The van der Waals surface area contributed by atoms with Crippen LogP contribution in [0, 0.1) is 0 Å². The fraction of sp³-hybridized carbons (Fsp3) is 0.286. The Morgan fingerprint density at radius 2 is 2.21 bits per heavy atom. The summed E-state index contributed by atoms with van der Waals surface area (Å²) < 4.78 is 0. The summed E-state index contributed by atoms with van der Waals surface area (Å²) in [4.78, 5) is 23.1. The van der Waals surface area contributed by atoms with Crippen LogP contribution in [0.5, 0.6) is 0 Å². The molecule has 0 bridgehead atoms. The molecule has 5 nitrogen and oxygen atoms in total. The number of fused-ring (bicyclic) bond motifs is 1. The Bertz CT molecular complexity index is 523. The van der Waals surface area contributed by atoms with E-state index in [-0.39, 0.29) is 11.8 Å². The molecule has 5 heteroatoms. The van der Waals surface area contributed by atoms with Crippen LogP contribution in [0.4, 0.5) is 5.69 Å². The van der Waals surface area contributed by atoms with E-state index in [1.807, 2.05) is 12.1 Å². The van der Waals surface area contributed by atoms with E-state index in [0.29, 0.717) is 31.5 Å². The van der Waals surface area contributed by atoms with Gasteiger partial charge in [-0.05, 0) is 30.2 Å². The van der Waals surface area contributed by atoms with E-state index in [2.05, 4.69) is 10.6 Å². The quantitative estimate of drug-likeness (QED) is 0.700. The number of nitrogens with two attached hydrogens (primary N) is 1. The average molecular weight is 259 g/mol. The Labute approximate surface area is 111 Å². The minimum Gasteiger partial charge on any atom is -0.349 e. The Hall–Kier alpha value is -2.14. The van der Waals surface area contributed by atoms with Crippen molar-refractivity contribution in [3.8, 4) is 0 Å². The van der Waals surface area contributed by atoms with Crippen molar-refractivity contribution in [2.45, 2.75) is 12.8 Å². The van der Waals surface area contributed by atoms with Gasteiger partial charge in [0, 0.05) is 30.8 Å². The van der Waals surface area contributed by atoms with Crippen molar-refractivity contribution >= 4 is 17.5 Å². The van der Waals surface area contributed by atoms with Crippen LogP contribution in [-0.4, -0.2) is 24.9 Å². The summed E-state index contributed by atoms with van der Waals surface area (Å²) in [5.74, 6) is -0.0991. The first-order chi connectivity index (χ1) is 9.20. The zero-order valence-electron chi connectivity index (χ0n) is 10.6. The molecule has 0 aromatic heterocycles. The summed E-state index contributed by atoms with van der Waals surface area (Å²) in [6.45, 7) is 0.929. The van der Waals surface area contributed by atoms with Crippen molar-refractivity contribution < 1.29 is 9.59 Å². The van der Waals surface area contributed by atoms with Gasteiger partial charge in [-0.25, -0.2) is 0 Å². The molecule has 0 spiro atoms. The summed E-state index contributed by atoms with van der Waals surface area (Å²) >= 11 is 0. The fourth-order valence-corrected chi connectivity index (χ4v) is 1.96. The van der Waals surface area contributed by atoms with Crippen LogP contribution >= 0.6 is 0 Å². The van der Waals surface area contributed by atoms with Gasteiger partial charge in [0.25, 0.3) is 5.91 Å². The summed E-state index contributed by atoms with van der Waals surface area (Å²) in [5, 5.41) is 5.57. The van der Waals surface area contributed by atoms with Gasteiger partial charge in [-0.15, -0.1) is 0 Å². The third-order valence-corrected chi connectivity index (χ3v) is 2.95. The highest BCUT2D eigenvalue weighted by atomic mass is 16.2. The number of nitrogens with one attached hydrogen (secondary N) is 2. The highest BCUT2D eigenvalue weighted by Crippen LogP contribution is 2.23. The highest BCUT2D eigenvalue weighted by molar-refractivity contribution is 5.97. The summed E-state index contributed by atoms with van der Waals surface area (Å²) in [6.07, 6.45) is 4.76. The van der Waals surface area contributed by atoms with Crippen molar-refractivity contribution in [2.75, 3.05) is 18.4 Å². The van der Waals surface area contributed by atoms with Gasteiger partial charge >= 0.3 is 0 Å². The standard InChI is InChI=1S/C14H17N3O2/c15-7-1-2-8-16-14(19)11-3-5-12-10(9-11)4-6-13(18)17-12/h1-3,5,9H,4,6-8,15H2,(H,16,19)(H,17,18)/b2-1+. The third-order valence-electron chi connectivity index (χ3n) is 2.95. The molecule has 1 aliphatic heterocycles. The van der Waals surface area contributed by atoms with Gasteiger partial charge in [0.1, 0.15) is 0 Å². The predicted molar refractivity (Wildman–Crippen MR) is 73.9 cm³/mol. The summed E-state index contributed by atoms with van der Waals surface area (Å²) in [7, 11) is 0. The minimum absolute atomic E-state index is 0.0247. The molecule has 1 aliphatic rings. The SMILES string of the molecule is NC/C=C/CNC(=O)c1ccc2c(c1)CCC(=O)N2. The number of amides is 2. The van der Waals surface area contributed by atoms with Gasteiger partial charge in [0.05, 0.1) is 0 Å². The van der Waals surface area contributed by atoms with Crippen molar-refractivity contribution in [2.24, 2.45) is 5.73 Å². The lowest BCUT2D eigenvalue weighted by Gasteiger charge is -2.17. The molecule has 1 aromatic rings. The summed E-state index contributed by atoms with van der Waals surface area (Å²) in [5.41, 5.74) is 7.72. The second-order valence-electron chi connectivity index (χ2n) is 4.34. The summed E-state index contributed by atoms with van der Waals surface area (Å²) in [6, 6.07) is 5.32. The van der Waals surface area contributed by atoms with Gasteiger partial charge in [-0.2, -0.15) is 0 Å². The largest absolute Gasteiger partial charge is 0.349 e.